The highest BCUT2D eigenvalue weighted by Crippen LogP contribution is 2.25. The number of anilines is 1. The fourth-order valence-corrected chi connectivity index (χ4v) is 5.77. The number of nitrogens with one attached hydrogen (secondary N) is 1. The Kier molecular flexibility index (Phi) is 9.17. The lowest BCUT2D eigenvalue weighted by atomic mass is 9.94. The fourth-order valence-electron chi connectivity index (χ4n) is 4.84. The summed E-state index contributed by atoms with van der Waals surface area (Å²) in [6.45, 7) is 5.35. The van der Waals surface area contributed by atoms with Gasteiger partial charge in [-0.1, -0.05) is 68.7 Å². The molecule has 0 spiro atoms. The largest absolute Gasteiger partial charge is 0.332 e. The minimum absolute atomic E-state index is 0.0188. The minimum atomic E-state index is -0.185. The summed E-state index contributed by atoms with van der Waals surface area (Å²) in [5.74, 6) is -0.0188. The first kappa shape index (κ1) is 26.0. The number of rotatable bonds is 9. The van der Waals surface area contributed by atoms with Crippen LogP contribution in [0.15, 0.2) is 66.0 Å². The van der Waals surface area contributed by atoms with Crippen LogP contribution in [0.5, 0.6) is 0 Å². The summed E-state index contributed by atoms with van der Waals surface area (Å²) in [7, 11) is 0. The molecule has 6 heteroatoms. The summed E-state index contributed by atoms with van der Waals surface area (Å²) in [5, 5.41) is 5.15. The van der Waals surface area contributed by atoms with E-state index in [4.69, 9.17) is 0 Å². The minimum Gasteiger partial charge on any atom is -0.332 e. The molecule has 4 rings (SSSR count). The van der Waals surface area contributed by atoms with Gasteiger partial charge in [-0.25, -0.2) is 4.79 Å². The number of benzene rings is 2. The Balaban J connectivity index is 1.54. The molecular formula is C30H37N3O2S. The number of urea groups is 1. The van der Waals surface area contributed by atoms with Crippen molar-refractivity contribution < 1.29 is 9.59 Å². The van der Waals surface area contributed by atoms with Crippen molar-refractivity contribution >= 4 is 29.0 Å². The molecule has 2 aromatic carbocycles. The van der Waals surface area contributed by atoms with Gasteiger partial charge in [0.15, 0.2) is 0 Å². The first-order chi connectivity index (χ1) is 17.5. The van der Waals surface area contributed by atoms with Crippen LogP contribution in [0, 0.1) is 6.92 Å². The van der Waals surface area contributed by atoms with Gasteiger partial charge in [-0.15, -0.1) is 11.3 Å². The van der Waals surface area contributed by atoms with Crippen LogP contribution in [0.4, 0.5) is 10.5 Å². The molecule has 0 bridgehead atoms. The van der Waals surface area contributed by atoms with Crippen molar-refractivity contribution in [2.75, 3.05) is 11.9 Å². The molecule has 0 aliphatic heterocycles. The van der Waals surface area contributed by atoms with Crippen molar-refractivity contribution in [3.8, 4) is 0 Å². The number of carbonyl (C=O) groups is 2. The van der Waals surface area contributed by atoms with Gasteiger partial charge in [0.1, 0.15) is 6.54 Å². The smallest absolute Gasteiger partial charge is 0.322 e. The van der Waals surface area contributed by atoms with Crippen molar-refractivity contribution in [2.24, 2.45) is 0 Å². The molecule has 1 aliphatic rings. The second-order valence-corrected chi connectivity index (χ2v) is 10.7. The van der Waals surface area contributed by atoms with Gasteiger partial charge in [0.2, 0.25) is 5.91 Å². The molecule has 1 aliphatic carbocycles. The molecule has 3 amide bonds. The Bertz CT molecular complexity index is 1140. The van der Waals surface area contributed by atoms with Gasteiger partial charge < -0.3 is 15.1 Å². The Morgan fingerprint density at radius 2 is 1.69 bits per heavy atom. The fraction of sp³-hybridized carbons (Fsp3) is 0.400. The normalized spacial score (nSPS) is 13.8. The van der Waals surface area contributed by atoms with E-state index in [1.165, 1.54) is 22.4 Å². The van der Waals surface area contributed by atoms with Gasteiger partial charge in [-0.2, -0.15) is 0 Å². The lowest BCUT2D eigenvalue weighted by Crippen LogP contribution is -2.49. The van der Waals surface area contributed by atoms with E-state index in [0.717, 1.165) is 43.4 Å². The van der Waals surface area contributed by atoms with E-state index in [1.807, 2.05) is 53.4 Å². The topological polar surface area (TPSA) is 52.7 Å². The first-order valence-electron chi connectivity index (χ1n) is 13.0. The summed E-state index contributed by atoms with van der Waals surface area (Å²) in [6.07, 6.45) is 6.17. The average Bonchev–Trinajstić information content (AvgIpc) is 3.32. The van der Waals surface area contributed by atoms with Gasteiger partial charge in [0.25, 0.3) is 0 Å². The van der Waals surface area contributed by atoms with E-state index in [0.29, 0.717) is 13.1 Å². The number of aryl methyl sites for hydroxylation is 2. The summed E-state index contributed by atoms with van der Waals surface area (Å²) < 4.78 is 0. The molecule has 0 saturated heterocycles. The Hall–Kier alpha value is -3.12. The molecule has 1 heterocycles. The lowest BCUT2D eigenvalue weighted by Gasteiger charge is -2.35. The summed E-state index contributed by atoms with van der Waals surface area (Å²) in [6, 6.07) is 20.0. The zero-order chi connectivity index (χ0) is 25.3. The van der Waals surface area contributed by atoms with Crippen LogP contribution in [0.25, 0.3) is 0 Å². The van der Waals surface area contributed by atoms with Crippen LogP contribution in [-0.4, -0.2) is 34.3 Å². The Labute approximate surface area is 219 Å². The summed E-state index contributed by atoms with van der Waals surface area (Å²) in [4.78, 5) is 32.2. The molecule has 190 valence electrons. The van der Waals surface area contributed by atoms with Crippen LogP contribution < -0.4 is 5.32 Å². The molecule has 1 saturated carbocycles. The number of carbonyl (C=O) groups excluding carboxylic acids is 2. The maximum atomic E-state index is 13.8. The van der Waals surface area contributed by atoms with E-state index in [-0.39, 0.29) is 24.5 Å². The van der Waals surface area contributed by atoms with Gasteiger partial charge >= 0.3 is 6.03 Å². The van der Waals surface area contributed by atoms with Crippen LogP contribution in [0.3, 0.4) is 0 Å². The Morgan fingerprint density at radius 3 is 2.39 bits per heavy atom. The van der Waals surface area contributed by atoms with Crippen molar-refractivity contribution in [3.63, 3.8) is 0 Å². The second-order valence-electron chi connectivity index (χ2n) is 9.67. The highest BCUT2D eigenvalue weighted by molar-refractivity contribution is 7.10. The van der Waals surface area contributed by atoms with E-state index in [9.17, 15) is 9.59 Å². The van der Waals surface area contributed by atoms with E-state index >= 15 is 0 Å². The first-order valence-corrected chi connectivity index (χ1v) is 13.9. The van der Waals surface area contributed by atoms with E-state index < -0.39 is 0 Å². The maximum absolute atomic E-state index is 13.8. The zero-order valence-electron chi connectivity index (χ0n) is 21.4. The molecule has 0 unspecified atom stereocenters. The standard InChI is InChI=1S/C30H37N3O2S/c1-3-24-13-10-14-26(19-24)31-30(35)33(27-15-8-5-9-16-27)22-29(34)32(20-25-11-6-4-7-12-25)21-28-23(2)17-18-36-28/h4,6-7,10-14,17-19,27H,3,5,8-9,15-16,20-22H2,1-2H3,(H,31,35). The van der Waals surface area contributed by atoms with Gasteiger partial charge in [0.05, 0.1) is 6.54 Å². The highest BCUT2D eigenvalue weighted by Gasteiger charge is 2.29. The number of thiophene rings is 1. The van der Waals surface area contributed by atoms with Crippen LogP contribution in [0.2, 0.25) is 0 Å². The highest BCUT2D eigenvalue weighted by atomic mass is 32.1. The molecule has 3 aromatic rings. The van der Waals surface area contributed by atoms with Crippen molar-refractivity contribution in [2.45, 2.75) is 71.5 Å². The third-order valence-electron chi connectivity index (χ3n) is 7.04. The molecule has 5 nitrogen and oxygen atoms in total. The van der Waals surface area contributed by atoms with E-state index in [1.54, 1.807) is 16.2 Å². The predicted molar refractivity (Wildman–Crippen MR) is 148 cm³/mol. The SMILES string of the molecule is CCc1cccc(NC(=O)N(CC(=O)N(Cc2ccccc2)Cc2sccc2C)C2CCCCC2)c1. The quantitative estimate of drug-likeness (QED) is 0.341. The molecule has 0 atom stereocenters. The predicted octanol–water partition coefficient (Wildman–Crippen LogP) is 7.01. The van der Waals surface area contributed by atoms with Crippen molar-refractivity contribution in [3.05, 3.63) is 87.6 Å². The maximum Gasteiger partial charge on any atom is 0.322 e. The van der Waals surface area contributed by atoms with Gasteiger partial charge in [0, 0.05) is 23.2 Å². The number of hydrogen-bond donors (Lipinski definition) is 1. The van der Waals surface area contributed by atoms with Crippen LogP contribution in [0.1, 0.15) is 60.6 Å². The van der Waals surface area contributed by atoms with Gasteiger partial charge in [-0.3, -0.25) is 4.79 Å². The zero-order valence-corrected chi connectivity index (χ0v) is 22.2. The Morgan fingerprint density at radius 1 is 0.944 bits per heavy atom. The number of amides is 3. The number of hydrogen-bond acceptors (Lipinski definition) is 3. The second kappa shape index (κ2) is 12.7. The molecule has 1 N–H and O–H groups in total. The third kappa shape index (κ3) is 6.97. The summed E-state index contributed by atoms with van der Waals surface area (Å²) in [5.41, 5.74) is 4.24. The molecule has 1 aromatic heterocycles. The van der Waals surface area contributed by atoms with Crippen molar-refractivity contribution in [1.29, 1.82) is 0 Å². The molecular weight excluding hydrogens is 466 g/mol. The van der Waals surface area contributed by atoms with Crippen LogP contribution in [-0.2, 0) is 24.3 Å². The molecule has 0 radical (unpaired) electrons. The third-order valence-corrected chi connectivity index (χ3v) is 8.05. The monoisotopic (exact) mass is 503 g/mol. The van der Waals surface area contributed by atoms with Crippen molar-refractivity contribution in [1.82, 2.24) is 9.80 Å². The summed E-state index contributed by atoms with van der Waals surface area (Å²) >= 11 is 1.68. The molecule has 36 heavy (non-hydrogen) atoms. The van der Waals surface area contributed by atoms with E-state index in [2.05, 4.69) is 36.7 Å². The average molecular weight is 504 g/mol. The number of nitrogens with zero attached hydrogens (tertiary/aromatic N) is 2. The van der Waals surface area contributed by atoms with Crippen LogP contribution >= 0.6 is 11.3 Å². The molecule has 1 fully saturated rings. The van der Waals surface area contributed by atoms with Gasteiger partial charge in [-0.05, 0) is 66.5 Å². The lowest BCUT2D eigenvalue weighted by molar-refractivity contribution is -0.133.